The van der Waals surface area contributed by atoms with E-state index in [4.69, 9.17) is 28.4 Å². The molecule has 0 bridgehead atoms. The van der Waals surface area contributed by atoms with Gasteiger partial charge in [-0.15, -0.1) is 0 Å². The zero-order valence-corrected chi connectivity index (χ0v) is 42.1. The Morgan fingerprint density at radius 3 is 1.29 bits per heavy atom. The Balaban J connectivity index is 1.80. The van der Waals surface area contributed by atoms with Gasteiger partial charge in [-0.25, -0.2) is 0 Å². The highest BCUT2D eigenvalue weighted by Crippen LogP contribution is 2.26. The summed E-state index contributed by atoms with van der Waals surface area (Å²) in [6, 6.07) is 0. The maximum Gasteiger partial charge on any atom is 0.306 e. The summed E-state index contributed by atoms with van der Waals surface area (Å²) in [5.74, 6) is -0.934. The van der Waals surface area contributed by atoms with Crippen LogP contribution in [0, 0.1) is 0 Å². The van der Waals surface area contributed by atoms with Crippen LogP contribution in [0.25, 0.3) is 0 Å². The van der Waals surface area contributed by atoms with E-state index in [9.17, 15) is 45.3 Å². The van der Waals surface area contributed by atoms with Gasteiger partial charge in [-0.2, -0.15) is 0 Å². The number of aliphatic hydroxyl groups excluding tert-OH is 7. The smallest absolute Gasteiger partial charge is 0.306 e. The predicted octanol–water partition coefficient (Wildman–Crippen LogP) is 7.94. The second kappa shape index (κ2) is 40.6. The summed E-state index contributed by atoms with van der Waals surface area (Å²) in [6.45, 7) is 2.58. The van der Waals surface area contributed by atoms with E-state index in [-0.39, 0.29) is 26.1 Å². The molecule has 0 aromatic carbocycles. The maximum atomic E-state index is 13.0. The summed E-state index contributed by atoms with van der Waals surface area (Å²) in [6.07, 6.45) is 24.8. The summed E-state index contributed by atoms with van der Waals surface area (Å²) in [7, 11) is 0. The maximum absolute atomic E-state index is 13.0. The van der Waals surface area contributed by atoms with Crippen LogP contribution in [0.15, 0.2) is 24.3 Å². The number of hydrogen-bond donors (Lipinski definition) is 7. The molecule has 15 nitrogen and oxygen atoms in total. The first-order valence-electron chi connectivity index (χ1n) is 26.9. The zero-order valence-electron chi connectivity index (χ0n) is 42.1. The van der Waals surface area contributed by atoms with Crippen molar-refractivity contribution in [2.45, 2.75) is 274 Å². The van der Waals surface area contributed by atoms with Gasteiger partial charge in [-0.1, -0.05) is 154 Å². The molecule has 0 amide bonds. The minimum absolute atomic E-state index is 0.160. The van der Waals surface area contributed by atoms with Gasteiger partial charge in [-0.3, -0.25) is 9.59 Å². The average Bonchev–Trinajstić information content (AvgIpc) is 3.33. The molecular weight excluding hydrogens is 877 g/mol. The molecular formula is C53H96O15. The van der Waals surface area contributed by atoms with Crippen LogP contribution in [0.4, 0.5) is 0 Å². The highest BCUT2D eigenvalue weighted by atomic mass is 16.7. The molecule has 0 aliphatic carbocycles. The normalized spacial score (nSPS) is 25.9. The topological polar surface area (TPSA) is 231 Å². The molecule has 11 atom stereocenters. The summed E-state index contributed by atoms with van der Waals surface area (Å²) >= 11 is 0. The van der Waals surface area contributed by atoms with Crippen LogP contribution in [0.3, 0.4) is 0 Å². The second-order valence-corrected chi connectivity index (χ2v) is 19.0. The molecule has 0 aromatic heterocycles. The van der Waals surface area contributed by atoms with Crippen LogP contribution < -0.4 is 0 Å². The lowest BCUT2D eigenvalue weighted by atomic mass is 9.98. The molecule has 2 aliphatic heterocycles. The molecule has 4 unspecified atom stereocenters. The van der Waals surface area contributed by atoms with Crippen LogP contribution in [0.1, 0.15) is 206 Å². The van der Waals surface area contributed by atoms with Crippen LogP contribution in [0.2, 0.25) is 0 Å². The second-order valence-electron chi connectivity index (χ2n) is 19.0. The SMILES string of the molecule is CCCCCCCC/C=C/CCCCCCCCCC(=O)O[C@H](COC(=O)CCCCCCC/C=C/CCCCCCCC)CO[C@H]1O[C@@H](CO[C@H]2O[C@@H](CO)[C@@H](O)C(O)C2O)[C@@H](O)C(O)C1O. The highest BCUT2D eigenvalue weighted by Gasteiger charge is 2.47. The lowest BCUT2D eigenvalue weighted by Crippen LogP contribution is -2.61. The molecule has 2 aliphatic rings. The number of carbonyl (C=O) groups is 2. The fraction of sp³-hybridized carbons (Fsp3) is 0.887. The van der Waals surface area contributed by atoms with E-state index in [1.165, 1.54) is 96.3 Å². The predicted molar refractivity (Wildman–Crippen MR) is 261 cm³/mol. The quantitative estimate of drug-likeness (QED) is 0.0175. The molecule has 2 heterocycles. The van der Waals surface area contributed by atoms with Crippen molar-refractivity contribution < 1.29 is 73.8 Å². The Morgan fingerprint density at radius 2 is 0.838 bits per heavy atom. The van der Waals surface area contributed by atoms with Gasteiger partial charge in [0, 0.05) is 12.8 Å². The van der Waals surface area contributed by atoms with Gasteiger partial charge >= 0.3 is 11.9 Å². The first kappa shape index (κ1) is 62.1. The third kappa shape index (κ3) is 28.1. The molecule has 2 rings (SSSR count). The monoisotopic (exact) mass is 973 g/mol. The van der Waals surface area contributed by atoms with Crippen LogP contribution in [-0.4, -0.2) is 142 Å². The Hall–Kier alpha value is -2.02. The van der Waals surface area contributed by atoms with E-state index in [0.29, 0.717) is 12.8 Å². The van der Waals surface area contributed by atoms with Crippen LogP contribution in [0.5, 0.6) is 0 Å². The molecule has 2 saturated heterocycles. The zero-order chi connectivity index (χ0) is 49.6. The minimum Gasteiger partial charge on any atom is -0.462 e. The fourth-order valence-corrected chi connectivity index (χ4v) is 8.44. The van der Waals surface area contributed by atoms with E-state index in [1.54, 1.807) is 0 Å². The van der Waals surface area contributed by atoms with Gasteiger partial charge in [0.2, 0.25) is 0 Å². The van der Waals surface area contributed by atoms with E-state index in [2.05, 4.69) is 38.2 Å². The Labute approximate surface area is 409 Å². The standard InChI is InChI=1S/C53H96O15/c1-3-5-7-9-11-13-15-17-19-20-22-24-26-28-30-32-34-36-45(56)66-41(38-63-44(55)35-33-31-29-27-25-23-21-18-16-14-12-10-8-6-4-2)39-64-52-51(62)49(60)47(58)43(68-52)40-65-53-50(61)48(59)46(57)42(37-54)67-53/h17-19,21,41-43,46-54,57-62H,3-16,20,22-40H2,1-2H3/b19-17+,21-18+/t41-,42+,43+,46-,47-,48?,49?,50?,51?,52+,53+/m1/s1. The number of ether oxygens (including phenoxy) is 6. The average molecular weight is 973 g/mol. The molecule has 0 radical (unpaired) electrons. The van der Waals surface area contributed by atoms with E-state index in [1.807, 2.05) is 0 Å². The third-order valence-corrected chi connectivity index (χ3v) is 12.9. The van der Waals surface area contributed by atoms with Gasteiger partial charge in [0.1, 0.15) is 55.4 Å². The van der Waals surface area contributed by atoms with Crippen molar-refractivity contribution >= 4 is 11.9 Å². The van der Waals surface area contributed by atoms with Crippen LogP contribution >= 0.6 is 0 Å². The molecule has 398 valence electrons. The van der Waals surface area contributed by atoms with Crippen molar-refractivity contribution in [1.29, 1.82) is 0 Å². The van der Waals surface area contributed by atoms with Crippen molar-refractivity contribution in [1.82, 2.24) is 0 Å². The van der Waals surface area contributed by atoms with Crippen molar-refractivity contribution in [3.8, 4) is 0 Å². The highest BCUT2D eigenvalue weighted by molar-refractivity contribution is 5.70. The van der Waals surface area contributed by atoms with E-state index in [0.717, 1.165) is 70.6 Å². The number of hydrogen-bond acceptors (Lipinski definition) is 15. The molecule has 15 heteroatoms. The van der Waals surface area contributed by atoms with Gasteiger partial charge < -0.3 is 64.2 Å². The minimum atomic E-state index is -1.76. The summed E-state index contributed by atoms with van der Waals surface area (Å²) in [5, 5.41) is 72.1. The van der Waals surface area contributed by atoms with Crippen molar-refractivity contribution in [3.05, 3.63) is 24.3 Å². The number of allylic oxidation sites excluding steroid dienone is 4. The van der Waals surface area contributed by atoms with E-state index >= 15 is 0 Å². The van der Waals surface area contributed by atoms with Gasteiger partial charge in [0.15, 0.2) is 18.7 Å². The lowest BCUT2D eigenvalue weighted by molar-refractivity contribution is -0.332. The fourth-order valence-electron chi connectivity index (χ4n) is 8.44. The van der Waals surface area contributed by atoms with Crippen LogP contribution in [-0.2, 0) is 38.0 Å². The van der Waals surface area contributed by atoms with Crippen molar-refractivity contribution in [2.75, 3.05) is 26.4 Å². The summed E-state index contributed by atoms with van der Waals surface area (Å²) in [5.41, 5.74) is 0. The summed E-state index contributed by atoms with van der Waals surface area (Å²) in [4.78, 5) is 25.8. The van der Waals surface area contributed by atoms with E-state index < -0.39 is 92.7 Å². The Morgan fingerprint density at radius 1 is 0.456 bits per heavy atom. The van der Waals surface area contributed by atoms with Crippen molar-refractivity contribution in [3.63, 3.8) is 0 Å². The third-order valence-electron chi connectivity index (χ3n) is 12.9. The summed E-state index contributed by atoms with van der Waals surface area (Å²) < 4.78 is 33.6. The number of aliphatic hydroxyl groups is 7. The molecule has 2 fully saturated rings. The van der Waals surface area contributed by atoms with Gasteiger partial charge in [0.05, 0.1) is 19.8 Å². The molecule has 0 saturated carbocycles. The molecule has 68 heavy (non-hydrogen) atoms. The Kier molecular flexibility index (Phi) is 37.0. The van der Waals surface area contributed by atoms with Crippen molar-refractivity contribution in [2.24, 2.45) is 0 Å². The number of unbranched alkanes of at least 4 members (excludes halogenated alkanes) is 24. The van der Waals surface area contributed by atoms with Gasteiger partial charge in [0.25, 0.3) is 0 Å². The first-order chi connectivity index (χ1) is 33.0. The largest absolute Gasteiger partial charge is 0.462 e. The number of carbonyl (C=O) groups excluding carboxylic acids is 2. The molecule has 0 aromatic rings. The molecule has 0 spiro atoms. The molecule has 7 N–H and O–H groups in total. The Bertz CT molecular complexity index is 1280. The first-order valence-corrected chi connectivity index (χ1v) is 26.9. The number of esters is 2. The lowest BCUT2D eigenvalue weighted by Gasteiger charge is -2.42. The van der Waals surface area contributed by atoms with Gasteiger partial charge in [-0.05, 0) is 64.2 Å². The number of rotatable bonds is 42.